The normalized spacial score (nSPS) is 23.3. The van der Waals surface area contributed by atoms with Crippen molar-refractivity contribution in [3.63, 3.8) is 0 Å². The van der Waals surface area contributed by atoms with Crippen molar-refractivity contribution in [1.82, 2.24) is 19.7 Å². The lowest BCUT2D eigenvalue weighted by atomic mass is 10.1. The number of carbonyl (C=O) groups is 1. The van der Waals surface area contributed by atoms with Crippen LogP contribution in [0.1, 0.15) is 57.4 Å². The minimum atomic E-state index is -0.274. The standard InChI is InChI=1S/C18H21FN4O/c1-11(2)23-18(15-9-7-14-8-10-16(24)22(14)15)20-17(21-23)12-3-5-13(19)6-4-12/h3-6,11,14-15H,7-10H2,1-2H3. The second kappa shape index (κ2) is 5.69. The topological polar surface area (TPSA) is 51.0 Å². The van der Waals surface area contributed by atoms with E-state index in [0.29, 0.717) is 18.3 Å². The van der Waals surface area contributed by atoms with Crippen molar-refractivity contribution in [2.45, 2.75) is 57.7 Å². The van der Waals surface area contributed by atoms with Crippen LogP contribution in [-0.4, -0.2) is 31.6 Å². The average Bonchev–Trinajstić information content (AvgIpc) is 3.24. The van der Waals surface area contributed by atoms with Gasteiger partial charge >= 0.3 is 0 Å². The zero-order valence-electron chi connectivity index (χ0n) is 13.9. The van der Waals surface area contributed by atoms with Gasteiger partial charge in [0.15, 0.2) is 11.6 Å². The van der Waals surface area contributed by atoms with Crippen LogP contribution in [0.25, 0.3) is 11.4 Å². The first-order chi connectivity index (χ1) is 11.5. The van der Waals surface area contributed by atoms with Crippen molar-refractivity contribution in [3.05, 3.63) is 35.9 Å². The highest BCUT2D eigenvalue weighted by Gasteiger charge is 2.44. The summed E-state index contributed by atoms with van der Waals surface area (Å²) in [4.78, 5) is 19.0. The molecule has 4 rings (SSSR count). The van der Waals surface area contributed by atoms with E-state index < -0.39 is 0 Å². The van der Waals surface area contributed by atoms with Crippen LogP contribution in [0.15, 0.2) is 24.3 Å². The van der Waals surface area contributed by atoms with Crippen LogP contribution in [0.3, 0.4) is 0 Å². The Kier molecular flexibility index (Phi) is 3.62. The third kappa shape index (κ3) is 2.41. The molecule has 0 saturated carbocycles. The Morgan fingerprint density at radius 2 is 1.92 bits per heavy atom. The molecule has 0 spiro atoms. The molecule has 2 atom stereocenters. The van der Waals surface area contributed by atoms with Crippen LogP contribution < -0.4 is 0 Å². The molecule has 1 aromatic carbocycles. The highest BCUT2D eigenvalue weighted by Crippen LogP contribution is 2.42. The van der Waals surface area contributed by atoms with Crippen LogP contribution in [0.2, 0.25) is 0 Å². The van der Waals surface area contributed by atoms with Gasteiger partial charge in [0.05, 0.1) is 6.04 Å². The van der Waals surface area contributed by atoms with Gasteiger partial charge in [0.25, 0.3) is 0 Å². The van der Waals surface area contributed by atoms with Gasteiger partial charge in [-0.25, -0.2) is 14.1 Å². The number of rotatable bonds is 3. The molecule has 1 amide bonds. The van der Waals surface area contributed by atoms with Crippen molar-refractivity contribution in [2.24, 2.45) is 0 Å². The van der Waals surface area contributed by atoms with E-state index in [1.165, 1.54) is 12.1 Å². The molecule has 0 bridgehead atoms. The molecule has 5 nitrogen and oxygen atoms in total. The number of hydrogen-bond donors (Lipinski definition) is 0. The van der Waals surface area contributed by atoms with Crippen LogP contribution in [0.5, 0.6) is 0 Å². The summed E-state index contributed by atoms with van der Waals surface area (Å²) in [6.45, 7) is 4.12. The predicted octanol–water partition coefficient (Wildman–Crippen LogP) is 3.49. The molecule has 1 aromatic heterocycles. The second-order valence-electron chi connectivity index (χ2n) is 6.93. The van der Waals surface area contributed by atoms with Gasteiger partial charge in [-0.3, -0.25) is 4.79 Å². The van der Waals surface area contributed by atoms with Crippen molar-refractivity contribution in [2.75, 3.05) is 0 Å². The number of halogens is 1. The zero-order chi connectivity index (χ0) is 16.8. The molecule has 6 heteroatoms. The maximum Gasteiger partial charge on any atom is 0.223 e. The quantitative estimate of drug-likeness (QED) is 0.866. The summed E-state index contributed by atoms with van der Waals surface area (Å²) in [7, 11) is 0. The van der Waals surface area contributed by atoms with Crippen molar-refractivity contribution in [1.29, 1.82) is 0 Å². The summed E-state index contributed by atoms with van der Waals surface area (Å²) in [5, 5.41) is 4.64. The van der Waals surface area contributed by atoms with Gasteiger partial charge in [0, 0.05) is 24.1 Å². The fourth-order valence-corrected chi connectivity index (χ4v) is 3.88. The van der Waals surface area contributed by atoms with Crippen molar-refractivity contribution < 1.29 is 9.18 Å². The Labute approximate surface area is 140 Å². The van der Waals surface area contributed by atoms with E-state index in [2.05, 4.69) is 18.9 Å². The van der Waals surface area contributed by atoms with Crippen LogP contribution >= 0.6 is 0 Å². The number of benzene rings is 1. The van der Waals surface area contributed by atoms with Gasteiger partial charge < -0.3 is 4.90 Å². The van der Waals surface area contributed by atoms with E-state index in [1.807, 2.05) is 9.58 Å². The van der Waals surface area contributed by atoms with Crippen LogP contribution in [0, 0.1) is 5.82 Å². The average molecular weight is 328 g/mol. The Balaban J connectivity index is 1.75. The van der Waals surface area contributed by atoms with Gasteiger partial charge in [-0.15, -0.1) is 0 Å². The highest BCUT2D eigenvalue weighted by atomic mass is 19.1. The van der Waals surface area contributed by atoms with Crippen molar-refractivity contribution >= 4 is 5.91 Å². The zero-order valence-corrected chi connectivity index (χ0v) is 13.9. The molecule has 2 aliphatic heterocycles. The number of hydrogen-bond acceptors (Lipinski definition) is 3. The summed E-state index contributed by atoms with van der Waals surface area (Å²) < 4.78 is 15.1. The Morgan fingerprint density at radius 3 is 2.62 bits per heavy atom. The third-order valence-electron chi connectivity index (χ3n) is 5.03. The summed E-state index contributed by atoms with van der Waals surface area (Å²) in [6, 6.07) is 6.73. The van der Waals surface area contributed by atoms with Crippen molar-refractivity contribution in [3.8, 4) is 11.4 Å². The fraction of sp³-hybridized carbons (Fsp3) is 0.500. The lowest BCUT2D eigenvalue weighted by Crippen LogP contribution is -2.31. The van der Waals surface area contributed by atoms with Gasteiger partial charge in [0.1, 0.15) is 5.82 Å². The molecule has 2 saturated heterocycles. The first kappa shape index (κ1) is 15.3. The summed E-state index contributed by atoms with van der Waals surface area (Å²) in [6.07, 6.45) is 3.57. The molecule has 3 heterocycles. The first-order valence-corrected chi connectivity index (χ1v) is 8.58. The van der Waals surface area contributed by atoms with Gasteiger partial charge in [-0.05, 0) is 57.4 Å². The molecular weight excluding hydrogens is 307 g/mol. The molecule has 2 aromatic rings. The summed E-state index contributed by atoms with van der Waals surface area (Å²) in [5.74, 6) is 1.39. The molecule has 2 fully saturated rings. The van der Waals surface area contributed by atoms with Gasteiger partial charge in [-0.2, -0.15) is 5.10 Å². The number of nitrogens with zero attached hydrogens (tertiary/aromatic N) is 4. The number of amides is 1. The van der Waals surface area contributed by atoms with E-state index in [0.717, 1.165) is 30.7 Å². The number of fused-ring (bicyclic) bond motifs is 1. The molecule has 24 heavy (non-hydrogen) atoms. The lowest BCUT2D eigenvalue weighted by molar-refractivity contribution is -0.130. The van der Waals surface area contributed by atoms with Gasteiger partial charge in [-0.1, -0.05) is 0 Å². The fourth-order valence-electron chi connectivity index (χ4n) is 3.88. The number of carbonyl (C=O) groups excluding carboxylic acids is 1. The molecule has 0 N–H and O–H groups in total. The largest absolute Gasteiger partial charge is 0.329 e. The predicted molar refractivity (Wildman–Crippen MR) is 87.6 cm³/mol. The maximum absolute atomic E-state index is 13.2. The molecule has 2 aliphatic rings. The number of aromatic nitrogens is 3. The minimum absolute atomic E-state index is 0.00842. The summed E-state index contributed by atoms with van der Waals surface area (Å²) >= 11 is 0. The highest BCUT2D eigenvalue weighted by molar-refractivity contribution is 5.79. The Bertz CT molecular complexity index is 768. The van der Waals surface area contributed by atoms with Gasteiger partial charge in [0.2, 0.25) is 5.91 Å². The molecular formula is C18H21FN4O. The minimum Gasteiger partial charge on any atom is -0.329 e. The van der Waals surface area contributed by atoms with Crippen LogP contribution in [-0.2, 0) is 4.79 Å². The monoisotopic (exact) mass is 328 g/mol. The van der Waals surface area contributed by atoms with Crippen LogP contribution in [0.4, 0.5) is 4.39 Å². The Hall–Kier alpha value is -2.24. The lowest BCUT2D eigenvalue weighted by Gasteiger charge is -2.24. The van der Waals surface area contributed by atoms with E-state index in [9.17, 15) is 9.18 Å². The smallest absolute Gasteiger partial charge is 0.223 e. The second-order valence-corrected chi connectivity index (χ2v) is 6.93. The SMILES string of the molecule is CC(C)n1nc(-c2ccc(F)cc2)nc1C1CCC2CCC(=O)N21. The summed E-state index contributed by atoms with van der Waals surface area (Å²) in [5.41, 5.74) is 0.791. The van der Waals surface area contributed by atoms with E-state index in [4.69, 9.17) is 4.98 Å². The Morgan fingerprint density at radius 1 is 1.17 bits per heavy atom. The van der Waals surface area contributed by atoms with E-state index in [1.54, 1.807) is 12.1 Å². The molecule has 0 aliphatic carbocycles. The van der Waals surface area contributed by atoms with E-state index >= 15 is 0 Å². The first-order valence-electron chi connectivity index (χ1n) is 8.58. The van der Waals surface area contributed by atoms with E-state index in [-0.39, 0.29) is 23.8 Å². The molecule has 2 unspecified atom stereocenters. The maximum atomic E-state index is 13.2. The third-order valence-corrected chi connectivity index (χ3v) is 5.03. The molecule has 0 radical (unpaired) electrons. The molecule has 126 valence electrons.